The van der Waals surface area contributed by atoms with Gasteiger partial charge < -0.3 is 25.7 Å². The minimum atomic E-state index is -1.35. The number of aryl methyl sites for hydroxylation is 1. The lowest BCUT2D eigenvalue weighted by Gasteiger charge is -2.44. The lowest BCUT2D eigenvalue weighted by molar-refractivity contribution is -0.142. The van der Waals surface area contributed by atoms with Crippen molar-refractivity contribution in [1.29, 1.82) is 0 Å². The molecule has 1 aromatic carbocycles. The lowest BCUT2D eigenvalue weighted by Crippen LogP contribution is -2.50. The maximum atomic E-state index is 13.7. The number of pyridine rings is 1. The van der Waals surface area contributed by atoms with Gasteiger partial charge in [0.25, 0.3) is 0 Å². The summed E-state index contributed by atoms with van der Waals surface area (Å²) in [5.74, 6) is 0.629. The molecule has 0 spiro atoms. The van der Waals surface area contributed by atoms with Crippen molar-refractivity contribution in [2.45, 2.75) is 70.3 Å². The first-order chi connectivity index (χ1) is 19.8. The number of halogens is 1. The van der Waals surface area contributed by atoms with Gasteiger partial charge in [0.05, 0.1) is 10.6 Å². The van der Waals surface area contributed by atoms with Gasteiger partial charge in [0.1, 0.15) is 0 Å². The first-order valence-electron chi connectivity index (χ1n) is 15.1. The molecule has 2 amide bonds. The molecule has 4 rings (SSSR count). The summed E-state index contributed by atoms with van der Waals surface area (Å²) in [5.41, 5.74) is 2.11. The van der Waals surface area contributed by atoms with E-state index in [0.717, 1.165) is 68.2 Å². The van der Waals surface area contributed by atoms with Gasteiger partial charge in [-0.15, -0.1) is 0 Å². The number of carbonyl (C=O) groups is 2. The number of nitrogens with one attached hydrogen (secondary N) is 2. The van der Waals surface area contributed by atoms with Crippen molar-refractivity contribution in [3.63, 3.8) is 0 Å². The largest absolute Gasteiger partial charge is 0.465 e. The molecule has 2 aromatic rings. The number of likely N-dealkylation sites (tertiary alicyclic amines) is 1. The Kier molecular flexibility index (Phi) is 11.0. The normalized spacial score (nSPS) is 22.6. The van der Waals surface area contributed by atoms with Crippen molar-refractivity contribution in [3.05, 3.63) is 52.8 Å². The van der Waals surface area contributed by atoms with Gasteiger partial charge in [0, 0.05) is 55.0 Å². The average molecular weight is 585 g/mol. The summed E-state index contributed by atoms with van der Waals surface area (Å²) in [6, 6.07) is 8.16. The Bertz CT molecular complexity index is 1190. The first-order valence-corrected chi connectivity index (χ1v) is 15.5. The van der Waals surface area contributed by atoms with Crippen molar-refractivity contribution in [2.75, 3.05) is 33.2 Å². The molecule has 4 N–H and O–H groups in total. The molecular weight excluding hydrogens is 540 g/mol. The molecule has 8 nitrogen and oxygen atoms in total. The molecule has 1 saturated heterocycles. The van der Waals surface area contributed by atoms with Crippen molar-refractivity contribution < 1.29 is 19.8 Å². The van der Waals surface area contributed by atoms with E-state index >= 15 is 0 Å². The quantitative estimate of drug-likeness (QED) is 0.261. The minimum absolute atomic E-state index is 0.0369. The molecule has 2 fully saturated rings. The Morgan fingerprint density at radius 1 is 1.17 bits per heavy atom. The van der Waals surface area contributed by atoms with Gasteiger partial charge >= 0.3 is 6.09 Å². The van der Waals surface area contributed by atoms with Crippen LogP contribution in [0.3, 0.4) is 0 Å². The Morgan fingerprint density at radius 2 is 1.95 bits per heavy atom. The number of nitrogens with zero attached hydrogens (tertiary/aromatic N) is 2. The van der Waals surface area contributed by atoms with Crippen molar-refractivity contribution >= 4 is 23.6 Å². The topological polar surface area (TPSA) is 115 Å². The molecule has 9 heteroatoms. The highest BCUT2D eigenvalue weighted by atomic mass is 35.5. The predicted molar refractivity (Wildman–Crippen MR) is 162 cm³/mol. The highest BCUT2D eigenvalue weighted by molar-refractivity contribution is 6.33. The summed E-state index contributed by atoms with van der Waals surface area (Å²) in [6.07, 6.45) is 9.33. The molecule has 2 atom stereocenters. The number of aromatic nitrogens is 1. The van der Waals surface area contributed by atoms with Gasteiger partial charge in [0.2, 0.25) is 5.91 Å². The van der Waals surface area contributed by atoms with Crippen LogP contribution in [0.1, 0.15) is 69.4 Å². The number of amides is 2. The van der Waals surface area contributed by atoms with Crippen LogP contribution in [0.5, 0.6) is 0 Å². The molecule has 224 valence electrons. The first kappa shape index (κ1) is 31.3. The van der Waals surface area contributed by atoms with E-state index in [9.17, 15) is 14.7 Å². The number of hydrogen-bond acceptors (Lipinski definition) is 5. The predicted octanol–water partition coefficient (Wildman–Crippen LogP) is 5.46. The summed E-state index contributed by atoms with van der Waals surface area (Å²) in [7, 11) is 1.98. The third-order valence-corrected chi connectivity index (χ3v) is 9.38. The molecule has 41 heavy (non-hydrogen) atoms. The Balaban J connectivity index is 1.63. The van der Waals surface area contributed by atoms with E-state index in [4.69, 9.17) is 16.7 Å². The van der Waals surface area contributed by atoms with Crippen LogP contribution in [-0.4, -0.2) is 65.3 Å². The molecule has 2 aliphatic rings. The van der Waals surface area contributed by atoms with E-state index in [1.165, 1.54) is 0 Å². The van der Waals surface area contributed by atoms with Crippen LogP contribution in [0.2, 0.25) is 5.02 Å². The second-order valence-corrected chi connectivity index (χ2v) is 12.2. The molecular formula is C32H45ClN4O4. The second kappa shape index (κ2) is 14.5. The number of rotatable bonds is 11. The van der Waals surface area contributed by atoms with E-state index in [0.29, 0.717) is 42.4 Å². The van der Waals surface area contributed by atoms with Crippen LogP contribution < -0.4 is 10.6 Å². The Hall–Kier alpha value is -2.68. The Labute approximate surface area is 248 Å². The van der Waals surface area contributed by atoms with Gasteiger partial charge in [-0.25, -0.2) is 4.79 Å². The van der Waals surface area contributed by atoms with E-state index in [1.54, 1.807) is 12.4 Å². The zero-order valence-corrected chi connectivity index (χ0v) is 25.1. The number of piperidine rings is 1. The smallest absolute Gasteiger partial charge is 0.404 e. The number of hydrogen-bond donors (Lipinski definition) is 4. The molecule has 0 unspecified atom stereocenters. The van der Waals surface area contributed by atoms with Gasteiger partial charge in [-0.2, -0.15) is 0 Å². The van der Waals surface area contributed by atoms with Crippen molar-refractivity contribution in [1.82, 2.24) is 20.5 Å². The average Bonchev–Trinajstić information content (AvgIpc) is 2.99. The summed E-state index contributed by atoms with van der Waals surface area (Å²) >= 11 is 6.79. The molecule has 1 aliphatic heterocycles. The SMILES string of the molecule is CCc1cccc(-c2c(Cl)cncc2[C@](O)(CCCNC(=O)O)[C@@H]2CCCN(C(=O)[C@H]3CC[C@H](CNC)CC3)C2)c1. The zero-order valence-electron chi connectivity index (χ0n) is 24.4. The maximum Gasteiger partial charge on any atom is 0.404 e. The highest BCUT2D eigenvalue weighted by Crippen LogP contribution is 2.45. The lowest BCUT2D eigenvalue weighted by atomic mass is 9.72. The second-order valence-electron chi connectivity index (χ2n) is 11.8. The molecule has 1 saturated carbocycles. The van der Waals surface area contributed by atoms with Gasteiger partial charge in [-0.1, -0.05) is 42.8 Å². The van der Waals surface area contributed by atoms with E-state index in [1.807, 2.05) is 24.1 Å². The van der Waals surface area contributed by atoms with Crippen LogP contribution in [0, 0.1) is 17.8 Å². The van der Waals surface area contributed by atoms with E-state index in [-0.39, 0.29) is 24.3 Å². The zero-order chi connectivity index (χ0) is 29.4. The van der Waals surface area contributed by atoms with Gasteiger partial charge in [0.15, 0.2) is 0 Å². The minimum Gasteiger partial charge on any atom is -0.465 e. The number of carboxylic acid groups (broad SMARTS) is 1. The highest BCUT2D eigenvalue weighted by Gasteiger charge is 2.44. The van der Waals surface area contributed by atoms with E-state index < -0.39 is 11.7 Å². The summed E-state index contributed by atoms with van der Waals surface area (Å²) in [6.45, 7) is 4.46. The molecule has 1 aromatic heterocycles. The number of aliphatic hydroxyl groups is 1. The monoisotopic (exact) mass is 584 g/mol. The Morgan fingerprint density at radius 3 is 2.66 bits per heavy atom. The number of benzene rings is 1. The van der Waals surface area contributed by atoms with E-state index in [2.05, 4.69) is 34.7 Å². The third-order valence-electron chi connectivity index (χ3n) is 9.10. The fraction of sp³-hybridized carbons (Fsp3) is 0.594. The van der Waals surface area contributed by atoms with Crippen molar-refractivity contribution in [3.8, 4) is 11.1 Å². The van der Waals surface area contributed by atoms with Gasteiger partial charge in [-0.05, 0) is 88.4 Å². The summed E-state index contributed by atoms with van der Waals surface area (Å²) in [4.78, 5) is 31.2. The fourth-order valence-corrected chi connectivity index (χ4v) is 7.11. The third kappa shape index (κ3) is 7.59. The molecule has 1 aliphatic carbocycles. The van der Waals surface area contributed by atoms with Crippen LogP contribution in [0.15, 0.2) is 36.7 Å². The van der Waals surface area contributed by atoms with Crippen LogP contribution in [0.25, 0.3) is 11.1 Å². The molecule has 2 heterocycles. The standard InChI is InChI=1S/C32H45ClN4O4/c1-3-22-7-4-8-25(17-22)29-27(19-35-20-28(29)33)32(41,14-6-15-36-31(39)40)26-9-5-16-37(21-26)30(38)24-12-10-23(11-13-24)18-34-2/h4,7-8,17,19-20,23-24,26,34,36,41H,3,5-6,9-16,18,21H2,1-2H3,(H,39,40)/t23-,24-,26-,32+/m1/s1. The maximum absolute atomic E-state index is 13.7. The van der Waals surface area contributed by atoms with Gasteiger partial charge in [-0.3, -0.25) is 9.78 Å². The molecule has 0 bridgehead atoms. The van der Waals surface area contributed by atoms with Crippen molar-refractivity contribution in [2.24, 2.45) is 17.8 Å². The van der Waals surface area contributed by atoms with Crippen LogP contribution in [-0.2, 0) is 16.8 Å². The van der Waals surface area contributed by atoms with Crippen LogP contribution >= 0.6 is 11.6 Å². The summed E-state index contributed by atoms with van der Waals surface area (Å²) < 4.78 is 0. The fourth-order valence-electron chi connectivity index (χ4n) is 6.84. The molecule has 0 radical (unpaired) electrons. The summed E-state index contributed by atoms with van der Waals surface area (Å²) in [5, 5.41) is 27.9. The number of carbonyl (C=O) groups excluding carboxylic acids is 1. The van der Waals surface area contributed by atoms with Crippen LogP contribution in [0.4, 0.5) is 4.79 Å².